The summed E-state index contributed by atoms with van der Waals surface area (Å²) < 4.78 is 0. The van der Waals surface area contributed by atoms with E-state index in [0.29, 0.717) is 22.7 Å². The second-order valence-electron chi connectivity index (χ2n) is 9.04. The summed E-state index contributed by atoms with van der Waals surface area (Å²) in [5.41, 5.74) is 0.700. The van der Waals surface area contributed by atoms with Crippen molar-refractivity contribution < 1.29 is 24.5 Å². The Kier molecular flexibility index (Phi) is 8.45. The van der Waals surface area contributed by atoms with Gasteiger partial charge in [-0.2, -0.15) is 0 Å². The monoisotopic (exact) mass is 486 g/mol. The van der Waals surface area contributed by atoms with Gasteiger partial charge in [-0.05, 0) is 31.7 Å². The fraction of sp³-hybridized carbons (Fsp3) is 0.478. The lowest BCUT2D eigenvalue weighted by Gasteiger charge is -2.29. The number of nitrogens with one attached hydrogen (secondary N) is 2. The fourth-order valence-electron chi connectivity index (χ4n) is 3.93. The summed E-state index contributed by atoms with van der Waals surface area (Å²) >= 11 is 1.32. The number of nitrogens with zero attached hydrogens (tertiary/aromatic N) is 2. The molecule has 3 rings (SSSR count). The maximum atomic E-state index is 13.4. The predicted octanol–water partition coefficient (Wildman–Crippen LogP) is 1.79. The van der Waals surface area contributed by atoms with Crippen LogP contribution in [0.1, 0.15) is 52.6 Å². The number of oxime groups is 1. The van der Waals surface area contributed by atoms with E-state index in [1.54, 1.807) is 6.92 Å². The first-order valence-corrected chi connectivity index (χ1v) is 12.1. The standard InChI is InChI=1S/C23H31BN4O5S/c1-14(2)10-19(24(31)32)27-22(30)23(11-17-8-6-5-7-9-17)12-18(28-33-23)13-25-21(29)20-15(3)26-16(4)34-20/h5-9,14,19,31-32H,10-13H2,1-4H3,(H,25,29)(H,27,30)/t19-,23?/m0/s1. The van der Waals surface area contributed by atoms with Gasteiger partial charge in [0.1, 0.15) is 4.88 Å². The van der Waals surface area contributed by atoms with E-state index in [2.05, 4.69) is 20.8 Å². The molecular formula is C23H31BN4O5S. The zero-order valence-corrected chi connectivity index (χ0v) is 20.7. The Balaban J connectivity index is 1.73. The third kappa shape index (κ3) is 6.43. The van der Waals surface area contributed by atoms with Crippen LogP contribution in [0.5, 0.6) is 0 Å². The van der Waals surface area contributed by atoms with Crippen LogP contribution in [0.25, 0.3) is 0 Å². The van der Waals surface area contributed by atoms with Crippen molar-refractivity contribution >= 4 is 36.0 Å². The quantitative estimate of drug-likeness (QED) is 0.379. The first-order valence-electron chi connectivity index (χ1n) is 11.3. The number of carbonyl (C=O) groups is 2. The Morgan fingerprint density at radius 1 is 1.24 bits per heavy atom. The molecule has 9 nitrogen and oxygen atoms in total. The molecule has 1 aromatic carbocycles. The molecule has 182 valence electrons. The van der Waals surface area contributed by atoms with E-state index in [1.807, 2.05) is 51.1 Å². The van der Waals surface area contributed by atoms with Crippen LogP contribution in [0.2, 0.25) is 0 Å². The van der Waals surface area contributed by atoms with Crippen LogP contribution >= 0.6 is 11.3 Å². The van der Waals surface area contributed by atoms with Gasteiger partial charge in [0.05, 0.1) is 28.9 Å². The smallest absolute Gasteiger partial charge is 0.426 e. The van der Waals surface area contributed by atoms with Gasteiger partial charge in [-0.1, -0.05) is 49.3 Å². The minimum absolute atomic E-state index is 0.122. The zero-order valence-electron chi connectivity index (χ0n) is 19.9. The summed E-state index contributed by atoms with van der Waals surface area (Å²) in [4.78, 5) is 36.5. The lowest BCUT2D eigenvalue weighted by atomic mass is 9.74. The lowest BCUT2D eigenvalue weighted by molar-refractivity contribution is -0.144. The number of benzene rings is 1. The van der Waals surface area contributed by atoms with Gasteiger partial charge in [-0.3, -0.25) is 9.59 Å². The molecule has 0 saturated heterocycles. The maximum Gasteiger partial charge on any atom is 0.475 e. The molecule has 0 radical (unpaired) electrons. The molecule has 11 heteroatoms. The minimum atomic E-state index is -1.70. The van der Waals surface area contributed by atoms with Gasteiger partial charge >= 0.3 is 7.12 Å². The van der Waals surface area contributed by atoms with Crippen LogP contribution in [0.4, 0.5) is 0 Å². The highest BCUT2D eigenvalue weighted by molar-refractivity contribution is 7.13. The average Bonchev–Trinajstić information content (AvgIpc) is 3.35. The Morgan fingerprint density at radius 3 is 2.53 bits per heavy atom. The van der Waals surface area contributed by atoms with E-state index < -0.39 is 24.6 Å². The van der Waals surface area contributed by atoms with Crippen LogP contribution in [0.3, 0.4) is 0 Å². The number of thiazole rings is 1. The number of amides is 2. The number of aromatic nitrogens is 1. The second-order valence-corrected chi connectivity index (χ2v) is 10.2. The van der Waals surface area contributed by atoms with Gasteiger partial charge in [0.15, 0.2) is 0 Å². The van der Waals surface area contributed by atoms with Crippen molar-refractivity contribution in [2.24, 2.45) is 11.1 Å². The van der Waals surface area contributed by atoms with E-state index in [1.165, 1.54) is 11.3 Å². The molecule has 0 saturated carbocycles. The van der Waals surface area contributed by atoms with Gasteiger partial charge in [0.25, 0.3) is 11.8 Å². The van der Waals surface area contributed by atoms with Crippen LogP contribution in [-0.2, 0) is 16.1 Å². The predicted molar refractivity (Wildman–Crippen MR) is 132 cm³/mol. The van der Waals surface area contributed by atoms with Gasteiger partial charge < -0.3 is 25.5 Å². The summed E-state index contributed by atoms with van der Waals surface area (Å²) in [6.45, 7) is 7.62. The van der Waals surface area contributed by atoms with Crippen LogP contribution in [-0.4, -0.2) is 57.8 Å². The van der Waals surface area contributed by atoms with E-state index >= 15 is 0 Å². The topological polar surface area (TPSA) is 133 Å². The van der Waals surface area contributed by atoms with E-state index in [0.717, 1.165) is 10.6 Å². The molecule has 2 atom stereocenters. The lowest BCUT2D eigenvalue weighted by Crippen LogP contribution is -2.56. The molecule has 2 heterocycles. The van der Waals surface area contributed by atoms with Crippen molar-refractivity contribution in [3.8, 4) is 0 Å². The number of rotatable bonds is 10. The average molecular weight is 486 g/mol. The number of carbonyl (C=O) groups excluding carboxylic acids is 2. The van der Waals surface area contributed by atoms with E-state index in [9.17, 15) is 19.6 Å². The van der Waals surface area contributed by atoms with Gasteiger partial charge in [0.2, 0.25) is 5.60 Å². The minimum Gasteiger partial charge on any atom is -0.426 e. The molecule has 0 bridgehead atoms. The molecule has 1 aromatic heterocycles. The summed E-state index contributed by atoms with van der Waals surface area (Å²) in [7, 11) is -1.70. The molecule has 1 aliphatic heterocycles. The van der Waals surface area contributed by atoms with Crippen molar-refractivity contribution in [3.05, 3.63) is 51.5 Å². The largest absolute Gasteiger partial charge is 0.475 e. The third-order valence-electron chi connectivity index (χ3n) is 5.55. The molecule has 2 aromatic rings. The van der Waals surface area contributed by atoms with Crippen LogP contribution in [0.15, 0.2) is 35.5 Å². The molecule has 0 fully saturated rings. The molecule has 2 amide bonds. The molecule has 0 spiro atoms. The molecule has 1 aliphatic rings. The van der Waals surface area contributed by atoms with Crippen LogP contribution < -0.4 is 10.6 Å². The number of aryl methyl sites for hydroxylation is 2. The Bertz CT molecular complexity index is 1040. The summed E-state index contributed by atoms with van der Waals surface area (Å²) in [5.74, 6) is -1.43. The molecular weight excluding hydrogens is 455 g/mol. The number of hydrogen-bond acceptors (Lipinski definition) is 8. The van der Waals surface area contributed by atoms with E-state index in [-0.39, 0.29) is 31.2 Å². The Morgan fingerprint density at radius 2 is 1.94 bits per heavy atom. The maximum absolute atomic E-state index is 13.4. The highest BCUT2D eigenvalue weighted by atomic mass is 32.1. The zero-order chi connectivity index (χ0) is 24.9. The molecule has 4 N–H and O–H groups in total. The van der Waals surface area contributed by atoms with Crippen molar-refractivity contribution in [2.75, 3.05) is 6.54 Å². The molecule has 34 heavy (non-hydrogen) atoms. The normalized spacial score (nSPS) is 18.3. The highest BCUT2D eigenvalue weighted by Gasteiger charge is 2.48. The van der Waals surface area contributed by atoms with Crippen molar-refractivity contribution in [1.29, 1.82) is 0 Å². The first-order chi connectivity index (χ1) is 16.1. The van der Waals surface area contributed by atoms with Gasteiger partial charge in [-0.15, -0.1) is 11.3 Å². The summed E-state index contributed by atoms with van der Waals surface area (Å²) in [5, 5.41) is 30.0. The van der Waals surface area contributed by atoms with E-state index in [4.69, 9.17) is 4.84 Å². The Hall–Kier alpha value is -2.76. The second kappa shape index (κ2) is 11.1. The highest BCUT2D eigenvalue weighted by Crippen LogP contribution is 2.29. The van der Waals surface area contributed by atoms with Crippen LogP contribution in [0, 0.1) is 19.8 Å². The van der Waals surface area contributed by atoms with Crippen molar-refractivity contribution in [3.63, 3.8) is 0 Å². The summed E-state index contributed by atoms with van der Waals surface area (Å²) in [6, 6.07) is 9.40. The van der Waals surface area contributed by atoms with Gasteiger partial charge in [-0.25, -0.2) is 4.98 Å². The molecule has 1 unspecified atom stereocenters. The van der Waals surface area contributed by atoms with Gasteiger partial charge in [0, 0.05) is 12.8 Å². The SMILES string of the molecule is Cc1nc(C)c(C(=O)NCC2=NOC(Cc3ccccc3)(C(=O)N[C@@H](CC(C)C)B(O)O)C2)s1. The van der Waals surface area contributed by atoms with Crippen molar-refractivity contribution in [1.82, 2.24) is 15.6 Å². The first kappa shape index (κ1) is 25.9. The number of hydrogen-bond donors (Lipinski definition) is 4. The Labute approximate surface area is 203 Å². The fourth-order valence-corrected chi connectivity index (χ4v) is 4.77. The van der Waals surface area contributed by atoms with Crippen molar-refractivity contribution in [2.45, 2.75) is 58.5 Å². The molecule has 0 aliphatic carbocycles. The third-order valence-corrected chi connectivity index (χ3v) is 6.62. The summed E-state index contributed by atoms with van der Waals surface area (Å²) in [6.07, 6.45) is 0.788.